The molecule has 0 saturated carbocycles. The van der Waals surface area contributed by atoms with Crippen LogP contribution in [0.3, 0.4) is 0 Å². The number of carbonyl (C=O) groups is 2. The summed E-state index contributed by atoms with van der Waals surface area (Å²) in [4.78, 5) is 38.2. The number of alkyl carbamates (subject to hydrolysis) is 1. The molecular weight excluding hydrogens is 558 g/mol. The molecule has 2 saturated heterocycles. The second-order valence-electron chi connectivity index (χ2n) is 12.0. The summed E-state index contributed by atoms with van der Waals surface area (Å²) in [6.45, 7) is 9.86. The summed E-state index contributed by atoms with van der Waals surface area (Å²) in [7, 11) is 0. The van der Waals surface area contributed by atoms with Gasteiger partial charge in [-0.25, -0.2) is 24.5 Å². The summed E-state index contributed by atoms with van der Waals surface area (Å²) in [5.74, 6) is -1.09. The Labute approximate surface area is 249 Å². The molecule has 2 aromatic heterocycles. The van der Waals surface area contributed by atoms with Crippen LogP contribution in [-0.4, -0.2) is 80.4 Å². The van der Waals surface area contributed by atoms with Crippen LogP contribution in [0.1, 0.15) is 52.8 Å². The highest BCUT2D eigenvalue weighted by Gasteiger charge is 2.56. The molecule has 2 aliphatic heterocycles. The zero-order valence-electron chi connectivity index (χ0n) is 25.0. The molecule has 43 heavy (non-hydrogen) atoms. The van der Waals surface area contributed by atoms with Crippen LogP contribution in [0, 0.1) is 0 Å². The van der Waals surface area contributed by atoms with Gasteiger partial charge >= 0.3 is 12.1 Å². The maximum absolute atomic E-state index is 12.9. The number of ether oxygens (including phenoxy) is 5. The molecule has 2 aliphatic rings. The predicted octanol–water partition coefficient (Wildman–Crippen LogP) is 2.44. The Morgan fingerprint density at radius 2 is 1.86 bits per heavy atom. The lowest BCUT2D eigenvalue weighted by molar-refractivity contribution is -0.195. The van der Waals surface area contributed by atoms with Crippen LogP contribution in [0.25, 0.3) is 11.2 Å². The van der Waals surface area contributed by atoms with Crippen LogP contribution in [0.5, 0.6) is 0 Å². The smallest absolute Gasteiger partial charge is 0.408 e. The molecule has 0 radical (unpaired) electrons. The van der Waals surface area contributed by atoms with E-state index in [9.17, 15) is 9.59 Å². The Hall–Kier alpha value is -3.85. The van der Waals surface area contributed by atoms with Crippen LogP contribution in [-0.2, 0) is 35.1 Å². The summed E-state index contributed by atoms with van der Waals surface area (Å²) in [6, 6.07) is 8.37. The molecule has 0 bridgehead atoms. The quantitative estimate of drug-likeness (QED) is 0.230. The highest BCUT2D eigenvalue weighted by Crippen LogP contribution is 2.43. The van der Waals surface area contributed by atoms with Gasteiger partial charge in [0.2, 0.25) is 0 Å². The summed E-state index contributed by atoms with van der Waals surface area (Å²) in [6.07, 6.45) is 0.776. The number of nitrogen functional groups attached to an aromatic ring is 1. The van der Waals surface area contributed by atoms with E-state index in [4.69, 9.17) is 29.4 Å². The van der Waals surface area contributed by atoms with Gasteiger partial charge < -0.3 is 40.1 Å². The molecule has 232 valence electrons. The normalized spacial score (nSPS) is 23.6. The van der Waals surface area contributed by atoms with E-state index in [1.807, 2.05) is 44.2 Å². The van der Waals surface area contributed by atoms with E-state index in [1.165, 1.54) is 6.33 Å². The summed E-state index contributed by atoms with van der Waals surface area (Å²) in [5, 5.41) is 5.98. The average molecular weight is 598 g/mol. The Kier molecular flexibility index (Phi) is 8.83. The standard InChI is InChI=1S/C29H39N7O7/c1-28(2,3)43-26(37)18(35-27(38)39-14-17-9-7-6-8-10-17)11-12-31-13-19-21-22(42-29(4,5)41-21)25(40-19)36-16-34-20-23(30)32-15-33-24(20)36/h6-10,15-16,18-19,21-22,25,31H,11-14H2,1-5H3,(H,35,38)(H2,30,32,33)/t18-,19+,21+,22+,25+/m0/s1. The van der Waals surface area contributed by atoms with Crippen LogP contribution in [0.2, 0.25) is 0 Å². The first-order valence-corrected chi connectivity index (χ1v) is 14.2. The maximum Gasteiger partial charge on any atom is 0.408 e. The van der Waals surface area contributed by atoms with Crippen molar-refractivity contribution in [3.63, 3.8) is 0 Å². The second-order valence-corrected chi connectivity index (χ2v) is 12.0. The fourth-order valence-electron chi connectivity index (χ4n) is 5.12. The minimum Gasteiger partial charge on any atom is -0.458 e. The molecule has 2 fully saturated rings. The predicted molar refractivity (Wildman–Crippen MR) is 154 cm³/mol. The van der Waals surface area contributed by atoms with Crippen LogP contribution < -0.4 is 16.4 Å². The van der Waals surface area contributed by atoms with Gasteiger partial charge in [-0.1, -0.05) is 30.3 Å². The van der Waals surface area contributed by atoms with Crippen molar-refractivity contribution in [1.82, 2.24) is 30.2 Å². The fraction of sp³-hybridized carbons (Fsp3) is 0.552. The van der Waals surface area contributed by atoms with Gasteiger partial charge in [0, 0.05) is 6.54 Å². The van der Waals surface area contributed by atoms with Crippen molar-refractivity contribution in [2.75, 3.05) is 18.8 Å². The number of aromatic nitrogens is 4. The molecule has 14 nitrogen and oxygen atoms in total. The van der Waals surface area contributed by atoms with Gasteiger partial charge in [-0.05, 0) is 53.1 Å². The molecule has 5 rings (SSSR count). The molecule has 5 atom stereocenters. The number of fused-ring (bicyclic) bond motifs is 2. The molecule has 0 aliphatic carbocycles. The molecule has 1 amide bonds. The van der Waals surface area contributed by atoms with E-state index in [2.05, 4.69) is 25.6 Å². The van der Waals surface area contributed by atoms with Crippen LogP contribution >= 0.6 is 0 Å². The largest absolute Gasteiger partial charge is 0.458 e. The van der Waals surface area contributed by atoms with Gasteiger partial charge in [0.25, 0.3) is 0 Å². The first kappa shape index (κ1) is 30.6. The second kappa shape index (κ2) is 12.4. The number of carbonyl (C=O) groups excluding carboxylic acids is 2. The van der Waals surface area contributed by atoms with Crippen molar-refractivity contribution in [2.45, 2.75) is 89.6 Å². The first-order chi connectivity index (χ1) is 20.4. The van der Waals surface area contributed by atoms with Gasteiger partial charge in [0.15, 0.2) is 23.5 Å². The SMILES string of the molecule is CC(C)(C)OC(=O)[C@H](CCNC[C@H]1O[C@@H](n2cnc3c(N)ncnc32)[C@@H]2OC(C)(C)O[C@@H]21)NC(=O)OCc1ccccc1. The summed E-state index contributed by atoms with van der Waals surface area (Å²) in [5.41, 5.74) is 7.10. The van der Waals surface area contributed by atoms with E-state index in [1.54, 1.807) is 31.7 Å². The number of esters is 1. The minimum atomic E-state index is -0.924. The van der Waals surface area contributed by atoms with E-state index < -0.39 is 47.9 Å². The van der Waals surface area contributed by atoms with Crippen molar-refractivity contribution in [3.8, 4) is 0 Å². The van der Waals surface area contributed by atoms with Crippen LogP contribution in [0.15, 0.2) is 43.0 Å². The molecule has 4 heterocycles. The maximum atomic E-state index is 12.9. The van der Waals surface area contributed by atoms with E-state index >= 15 is 0 Å². The molecule has 4 N–H and O–H groups in total. The topological polar surface area (TPSA) is 174 Å². The minimum absolute atomic E-state index is 0.0813. The number of nitrogens with one attached hydrogen (secondary N) is 2. The van der Waals surface area contributed by atoms with Gasteiger partial charge in [0.05, 0.1) is 6.33 Å². The van der Waals surface area contributed by atoms with Gasteiger partial charge in [-0.2, -0.15) is 0 Å². The molecule has 0 unspecified atom stereocenters. The number of amides is 1. The average Bonchev–Trinajstić information content (AvgIpc) is 3.60. The van der Waals surface area contributed by atoms with Crippen LogP contribution in [0.4, 0.5) is 10.6 Å². The van der Waals surface area contributed by atoms with Crippen molar-refractivity contribution in [2.24, 2.45) is 0 Å². The Morgan fingerprint density at radius 3 is 2.60 bits per heavy atom. The lowest BCUT2D eigenvalue weighted by Crippen LogP contribution is -2.46. The molecular formula is C29H39N7O7. The van der Waals surface area contributed by atoms with Crippen molar-refractivity contribution >= 4 is 29.0 Å². The monoisotopic (exact) mass is 597 g/mol. The molecule has 0 spiro atoms. The van der Waals surface area contributed by atoms with Crippen molar-refractivity contribution < 1.29 is 33.3 Å². The van der Waals surface area contributed by atoms with Gasteiger partial charge in [0.1, 0.15) is 48.4 Å². The fourth-order valence-corrected chi connectivity index (χ4v) is 5.12. The number of benzene rings is 1. The number of anilines is 1. The number of hydrogen-bond donors (Lipinski definition) is 3. The third kappa shape index (κ3) is 7.39. The third-order valence-electron chi connectivity index (χ3n) is 6.94. The molecule has 1 aromatic carbocycles. The first-order valence-electron chi connectivity index (χ1n) is 14.2. The van der Waals surface area contributed by atoms with Gasteiger partial charge in [-0.3, -0.25) is 4.57 Å². The third-order valence-corrected chi connectivity index (χ3v) is 6.94. The Balaban J connectivity index is 1.20. The van der Waals surface area contributed by atoms with Crippen molar-refractivity contribution in [3.05, 3.63) is 48.5 Å². The van der Waals surface area contributed by atoms with E-state index in [0.29, 0.717) is 24.3 Å². The number of hydrogen-bond acceptors (Lipinski definition) is 12. The summed E-state index contributed by atoms with van der Waals surface area (Å²) < 4.78 is 31.5. The van der Waals surface area contributed by atoms with Crippen molar-refractivity contribution in [1.29, 1.82) is 0 Å². The van der Waals surface area contributed by atoms with E-state index in [0.717, 1.165) is 5.56 Å². The highest BCUT2D eigenvalue weighted by atomic mass is 16.8. The molecule has 14 heteroatoms. The number of nitrogens with zero attached hydrogens (tertiary/aromatic N) is 4. The Morgan fingerprint density at radius 1 is 1.12 bits per heavy atom. The zero-order chi connectivity index (χ0) is 30.8. The lowest BCUT2D eigenvalue weighted by Gasteiger charge is -2.26. The highest BCUT2D eigenvalue weighted by molar-refractivity contribution is 5.82. The van der Waals surface area contributed by atoms with Gasteiger partial charge in [-0.15, -0.1) is 0 Å². The number of rotatable bonds is 10. The Bertz CT molecular complexity index is 1430. The molecule has 3 aromatic rings. The zero-order valence-corrected chi connectivity index (χ0v) is 25.0. The number of nitrogens with two attached hydrogens (primary N) is 1. The summed E-state index contributed by atoms with van der Waals surface area (Å²) >= 11 is 0. The number of imidazole rings is 1. The lowest BCUT2D eigenvalue weighted by atomic mass is 10.1. The van der Waals surface area contributed by atoms with E-state index in [-0.39, 0.29) is 24.9 Å².